The molecular formula is C25H31NO4. The number of hydrogen-bond donors (Lipinski definition) is 0. The molecule has 0 unspecified atom stereocenters. The third kappa shape index (κ3) is 5.48. The van der Waals surface area contributed by atoms with Crippen LogP contribution < -0.4 is 0 Å². The predicted molar refractivity (Wildman–Crippen MR) is 116 cm³/mol. The summed E-state index contributed by atoms with van der Waals surface area (Å²) in [6.45, 7) is 4.46. The van der Waals surface area contributed by atoms with Gasteiger partial charge in [0.15, 0.2) is 0 Å². The lowest BCUT2D eigenvalue weighted by molar-refractivity contribution is -0.157. The molecule has 0 N–H and O–H groups in total. The second-order valence-corrected chi connectivity index (χ2v) is 8.06. The first kappa shape index (κ1) is 22.0. The van der Waals surface area contributed by atoms with E-state index in [0.717, 1.165) is 30.4 Å². The molecule has 30 heavy (non-hydrogen) atoms. The number of cyclic esters (lactones) is 1. The fraction of sp³-hybridized carbons (Fsp3) is 0.440. The fourth-order valence-corrected chi connectivity index (χ4v) is 3.77. The van der Waals surface area contributed by atoms with Crippen LogP contribution in [-0.2, 0) is 27.3 Å². The molecule has 2 aromatic carbocycles. The van der Waals surface area contributed by atoms with E-state index < -0.39 is 11.7 Å². The molecule has 1 aliphatic heterocycles. The summed E-state index contributed by atoms with van der Waals surface area (Å²) in [6, 6.07) is 19.3. The van der Waals surface area contributed by atoms with Crippen LogP contribution in [0, 0.1) is 0 Å². The highest BCUT2D eigenvalue weighted by molar-refractivity contribution is 5.98. The molecule has 0 radical (unpaired) electrons. The molecule has 1 fully saturated rings. The molecule has 1 heterocycles. The van der Waals surface area contributed by atoms with Crippen LogP contribution in [0.25, 0.3) is 0 Å². The van der Waals surface area contributed by atoms with Gasteiger partial charge in [-0.25, -0.2) is 9.69 Å². The monoisotopic (exact) mass is 409 g/mol. The van der Waals surface area contributed by atoms with Crippen LogP contribution in [0.3, 0.4) is 0 Å². The lowest BCUT2D eigenvalue weighted by Crippen LogP contribution is -2.52. The Morgan fingerprint density at radius 3 is 2.33 bits per heavy atom. The zero-order valence-corrected chi connectivity index (χ0v) is 17.9. The molecule has 0 bridgehead atoms. The summed E-state index contributed by atoms with van der Waals surface area (Å²) in [6.07, 6.45) is 3.47. The van der Waals surface area contributed by atoms with Crippen molar-refractivity contribution in [1.82, 2.24) is 4.90 Å². The first-order chi connectivity index (χ1) is 14.5. The van der Waals surface area contributed by atoms with Gasteiger partial charge in [0.25, 0.3) is 5.91 Å². The van der Waals surface area contributed by atoms with Crippen LogP contribution >= 0.6 is 0 Å². The lowest BCUT2D eigenvalue weighted by atomic mass is 9.94. The van der Waals surface area contributed by atoms with Gasteiger partial charge in [-0.3, -0.25) is 4.79 Å². The van der Waals surface area contributed by atoms with Crippen LogP contribution in [0.15, 0.2) is 60.7 Å². The van der Waals surface area contributed by atoms with Gasteiger partial charge in [0.1, 0.15) is 12.2 Å². The van der Waals surface area contributed by atoms with Gasteiger partial charge >= 0.3 is 6.09 Å². The number of benzene rings is 2. The van der Waals surface area contributed by atoms with E-state index >= 15 is 0 Å². The van der Waals surface area contributed by atoms with Crippen molar-refractivity contribution in [3.05, 3.63) is 71.8 Å². The van der Waals surface area contributed by atoms with Gasteiger partial charge in [-0.15, -0.1) is 0 Å². The van der Waals surface area contributed by atoms with Crippen LogP contribution in [-0.4, -0.2) is 35.2 Å². The summed E-state index contributed by atoms with van der Waals surface area (Å²) in [5, 5.41) is 0. The van der Waals surface area contributed by atoms with Crippen molar-refractivity contribution in [3.8, 4) is 0 Å². The van der Waals surface area contributed by atoms with Crippen LogP contribution in [0.2, 0.25) is 0 Å². The molecule has 2 amide bonds. The zero-order valence-electron chi connectivity index (χ0n) is 17.9. The van der Waals surface area contributed by atoms with E-state index in [4.69, 9.17) is 9.47 Å². The molecule has 2 atom stereocenters. The van der Waals surface area contributed by atoms with Crippen molar-refractivity contribution < 1.29 is 19.1 Å². The molecule has 1 aliphatic rings. The molecule has 0 aliphatic carbocycles. The molecule has 1 saturated heterocycles. The Morgan fingerprint density at radius 2 is 1.70 bits per heavy atom. The second kappa shape index (κ2) is 10.4. The lowest BCUT2D eigenvalue weighted by Gasteiger charge is -2.33. The van der Waals surface area contributed by atoms with Gasteiger partial charge in [0, 0.05) is 0 Å². The Balaban J connectivity index is 1.77. The van der Waals surface area contributed by atoms with E-state index in [0.29, 0.717) is 19.4 Å². The minimum absolute atomic E-state index is 0.212. The van der Waals surface area contributed by atoms with Crippen molar-refractivity contribution in [1.29, 1.82) is 0 Å². The van der Waals surface area contributed by atoms with Crippen molar-refractivity contribution in [3.63, 3.8) is 0 Å². The second-order valence-electron chi connectivity index (χ2n) is 8.06. The largest absolute Gasteiger partial charge is 0.447 e. The molecule has 0 saturated carbocycles. The highest BCUT2D eigenvalue weighted by Gasteiger charge is 2.46. The summed E-state index contributed by atoms with van der Waals surface area (Å²) in [7, 11) is 0. The standard InChI is InChI=1S/C25H31NO4/c1-3-4-11-16-25(2,30-18-21-14-9-6-10-15-21)23(27)26-22(19-29-24(26)28)17-20-12-7-5-8-13-20/h5-10,12-15,22H,3-4,11,16-19H2,1-2H3/t22-,25+/m0/s1. The van der Waals surface area contributed by atoms with Gasteiger partial charge in [-0.05, 0) is 30.9 Å². The minimum atomic E-state index is -1.08. The molecule has 5 heteroatoms. The number of nitrogens with zero attached hydrogens (tertiary/aromatic N) is 1. The fourth-order valence-electron chi connectivity index (χ4n) is 3.77. The molecule has 0 aromatic heterocycles. The van der Waals surface area contributed by atoms with Crippen LogP contribution in [0.5, 0.6) is 0 Å². The van der Waals surface area contributed by atoms with E-state index in [1.807, 2.05) is 60.7 Å². The molecule has 160 valence electrons. The summed E-state index contributed by atoms with van der Waals surface area (Å²) in [5.74, 6) is -0.307. The Labute approximate surface area is 179 Å². The highest BCUT2D eigenvalue weighted by atomic mass is 16.6. The number of carbonyl (C=O) groups is 2. The number of imide groups is 1. The van der Waals surface area contributed by atoms with Crippen molar-refractivity contribution in [2.24, 2.45) is 0 Å². The molecular weight excluding hydrogens is 378 g/mol. The Bertz CT molecular complexity index is 824. The Hall–Kier alpha value is -2.66. The smallest absolute Gasteiger partial charge is 0.417 e. The predicted octanol–water partition coefficient (Wildman–Crippen LogP) is 5.13. The third-order valence-electron chi connectivity index (χ3n) is 5.60. The van der Waals surface area contributed by atoms with Crippen LogP contribution in [0.4, 0.5) is 4.79 Å². The zero-order chi connectivity index (χ0) is 21.4. The number of rotatable bonds is 10. The summed E-state index contributed by atoms with van der Waals surface area (Å²) in [4.78, 5) is 27.4. The highest BCUT2D eigenvalue weighted by Crippen LogP contribution is 2.28. The number of hydrogen-bond acceptors (Lipinski definition) is 4. The van der Waals surface area contributed by atoms with E-state index in [-0.39, 0.29) is 18.6 Å². The molecule has 0 spiro atoms. The Kier molecular flexibility index (Phi) is 7.63. The van der Waals surface area contributed by atoms with Crippen molar-refractivity contribution in [2.75, 3.05) is 6.61 Å². The molecule has 5 nitrogen and oxygen atoms in total. The summed E-state index contributed by atoms with van der Waals surface area (Å²) < 4.78 is 11.4. The van der Waals surface area contributed by atoms with Gasteiger partial charge in [-0.1, -0.05) is 86.8 Å². The number of carbonyl (C=O) groups excluding carboxylic acids is 2. The summed E-state index contributed by atoms with van der Waals surface area (Å²) in [5.41, 5.74) is 0.983. The van der Waals surface area contributed by atoms with E-state index in [2.05, 4.69) is 6.92 Å². The molecule has 3 rings (SSSR count). The quantitative estimate of drug-likeness (QED) is 0.510. The first-order valence-electron chi connectivity index (χ1n) is 10.8. The Morgan fingerprint density at radius 1 is 1.07 bits per heavy atom. The number of unbranched alkanes of at least 4 members (excludes halogenated alkanes) is 2. The average Bonchev–Trinajstić information content (AvgIpc) is 3.13. The average molecular weight is 410 g/mol. The third-order valence-corrected chi connectivity index (χ3v) is 5.60. The van der Waals surface area contributed by atoms with Gasteiger partial charge in [-0.2, -0.15) is 0 Å². The van der Waals surface area contributed by atoms with Crippen molar-refractivity contribution >= 4 is 12.0 Å². The van der Waals surface area contributed by atoms with Crippen LogP contribution in [0.1, 0.15) is 50.7 Å². The normalized spacial score (nSPS) is 18.1. The van der Waals surface area contributed by atoms with Gasteiger partial charge in [0.2, 0.25) is 0 Å². The van der Waals surface area contributed by atoms with Crippen molar-refractivity contribution in [2.45, 2.75) is 64.2 Å². The number of amides is 2. The van der Waals surface area contributed by atoms with Gasteiger partial charge < -0.3 is 9.47 Å². The van der Waals surface area contributed by atoms with E-state index in [1.54, 1.807) is 6.92 Å². The maximum absolute atomic E-state index is 13.6. The maximum Gasteiger partial charge on any atom is 0.417 e. The van der Waals surface area contributed by atoms with Gasteiger partial charge in [0.05, 0.1) is 12.6 Å². The molecule has 2 aromatic rings. The maximum atomic E-state index is 13.6. The first-order valence-corrected chi connectivity index (χ1v) is 10.8. The topological polar surface area (TPSA) is 55.8 Å². The van der Waals surface area contributed by atoms with E-state index in [1.165, 1.54) is 4.90 Å². The van der Waals surface area contributed by atoms with E-state index in [9.17, 15) is 9.59 Å². The number of ether oxygens (including phenoxy) is 2. The SMILES string of the molecule is CCCCC[C@@](C)(OCc1ccccc1)C(=O)N1C(=O)OC[C@@H]1Cc1ccccc1. The minimum Gasteiger partial charge on any atom is -0.447 e. The summed E-state index contributed by atoms with van der Waals surface area (Å²) >= 11 is 0.